The van der Waals surface area contributed by atoms with Crippen LogP contribution in [0.4, 0.5) is 0 Å². The maximum Gasteiger partial charge on any atom is 0.139 e. The third kappa shape index (κ3) is 2.65. The van der Waals surface area contributed by atoms with Gasteiger partial charge in [-0.2, -0.15) is 0 Å². The lowest BCUT2D eigenvalue weighted by Crippen LogP contribution is -2.36. The molecule has 1 aromatic heterocycles. The maximum atomic E-state index is 2.50. The van der Waals surface area contributed by atoms with Crippen LogP contribution in [0.3, 0.4) is 0 Å². The van der Waals surface area contributed by atoms with Crippen molar-refractivity contribution in [3.63, 3.8) is 0 Å². The van der Waals surface area contributed by atoms with Crippen LogP contribution >= 0.6 is 0 Å². The molecule has 0 saturated heterocycles. The molecule has 0 spiro atoms. The normalized spacial score (nSPS) is 13.8. The number of aryl methyl sites for hydroxylation is 2. The summed E-state index contributed by atoms with van der Waals surface area (Å²) in [4.78, 5) is 0. The van der Waals surface area contributed by atoms with Crippen LogP contribution in [0.1, 0.15) is 33.4 Å². The minimum absolute atomic E-state index is 0.410. The number of para-hydroxylation sites is 2. The van der Waals surface area contributed by atoms with E-state index < -0.39 is 5.41 Å². The van der Waals surface area contributed by atoms with Gasteiger partial charge in [-0.3, -0.25) is 0 Å². The Morgan fingerprint density at radius 2 is 1.23 bits per heavy atom. The number of benzene rings is 5. The van der Waals surface area contributed by atoms with Crippen LogP contribution in [0.15, 0.2) is 109 Å². The van der Waals surface area contributed by atoms with Crippen molar-refractivity contribution in [3.05, 3.63) is 143 Å². The van der Waals surface area contributed by atoms with Crippen LogP contribution in [0, 0.1) is 13.8 Å². The van der Waals surface area contributed by atoms with Gasteiger partial charge in [0.1, 0.15) is 7.85 Å². The first-order valence-electron chi connectivity index (χ1n) is 12.4. The molecule has 0 amide bonds. The van der Waals surface area contributed by atoms with E-state index >= 15 is 0 Å². The van der Waals surface area contributed by atoms with Gasteiger partial charge < -0.3 is 4.57 Å². The Morgan fingerprint density at radius 3 is 1.91 bits per heavy atom. The zero-order valence-electron chi connectivity index (χ0n) is 20.3. The molecule has 0 bridgehead atoms. The summed E-state index contributed by atoms with van der Waals surface area (Å²) in [5.74, 6) is 0. The Balaban J connectivity index is 1.77. The highest BCUT2D eigenvalue weighted by molar-refractivity contribution is 6.32. The fraction of sp³-hybridized carbons (Fsp3) is 0.0909. The molecule has 0 saturated carbocycles. The molecule has 6 aromatic rings. The van der Waals surface area contributed by atoms with Crippen LogP contribution in [-0.4, -0.2) is 12.4 Å². The Hall–Kier alpha value is -4.04. The molecule has 2 heteroatoms. The fourth-order valence-corrected chi connectivity index (χ4v) is 6.26. The lowest BCUT2D eigenvalue weighted by Gasteiger charge is -2.42. The van der Waals surface area contributed by atoms with Crippen molar-refractivity contribution in [1.29, 1.82) is 0 Å². The second-order valence-corrected chi connectivity index (χ2v) is 10.1. The van der Waals surface area contributed by atoms with Gasteiger partial charge in [-0.25, -0.2) is 0 Å². The molecule has 166 valence electrons. The average molecular weight is 447 g/mol. The Morgan fingerprint density at radius 1 is 0.600 bits per heavy atom. The Kier molecular flexibility index (Phi) is 4.20. The van der Waals surface area contributed by atoms with E-state index in [2.05, 4.69) is 135 Å². The highest BCUT2D eigenvalue weighted by Gasteiger charge is 2.45. The van der Waals surface area contributed by atoms with E-state index in [0.29, 0.717) is 0 Å². The van der Waals surface area contributed by atoms with Gasteiger partial charge in [-0.05, 0) is 48.2 Å². The van der Waals surface area contributed by atoms with Gasteiger partial charge in [-0.15, -0.1) is 0 Å². The Labute approximate surface area is 207 Å². The number of aromatic nitrogens is 1. The van der Waals surface area contributed by atoms with E-state index in [9.17, 15) is 0 Å². The maximum absolute atomic E-state index is 2.50. The molecule has 1 aliphatic heterocycles. The zero-order chi connectivity index (χ0) is 23.7. The van der Waals surface area contributed by atoms with Gasteiger partial charge in [0.15, 0.2) is 0 Å². The lowest BCUT2D eigenvalue weighted by molar-refractivity contribution is 0.728. The number of nitrogens with zero attached hydrogens (tertiary/aromatic N) is 1. The summed E-state index contributed by atoms with van der Waals surface area (Å²) in [6.07, 6.45) is 0. The van der Waals surface area contributed by atoms with Crippen molar-refractivity contribution in [1.82, 2.24) is 4.57 Å². The molecule has 1 aliphatic rings. The minimum atomic E-state index is -0.410. The van der Waals surface area contributed by atoms with E-state index in [1.165, 1.54) is 66.3 Å². The first-order valence-corrected chi connectivity index (χ1v) is 12.4. The molecule has 0 atom stereocenters. The van der Waals surface area contributed by atoms with Crippen LogP contribution < -0.4 is 5.46 Å². The topological polar surface area (TPSA) is 4.93 Å². The molecular weight excluding hydrogens is 421 g/mol. The SMILES string of the molecule is Bc1ccc2c(c1)C(c1ccc(C)cc1)(c1ccc(C)cc1)c1cccc3c4ccccc4n-2c13. The van der Waals surface area contributed by atoms with Crippen molar-refractivity contribution >= 4 is 35.1 Å². The molecule has 0 N–H and O–H groups in total. The molecular formula is C33H26BN. The number of hydrogen-bond donors (Lipinski definition) is 0. The minimum Gasteiger partial charge on any atom is -0.309 e. The molecule has 0 aliphatic carbocycles. The van der Waals surface area contributed by atoms with Crippen molar-refractivity contribution < 1.29 is 0 Å². The first-order chi connectivity index (χ1) is 17.1. The summed E-state index contributed by atoms with van der Waals surface area (Å²) in [6.45, 7) is 4.33. The monoisotopic (exact) mass is 447 g/mol. The average Bonchev–Trinajstić information content (AvgIpc) is 3.22. The van der Waals surface area contributed by atoms with E-state index in [4.69, 9.17) is 0 Å². The predicted molar refractivity (Wildman–Crippen MR) is 150 cm³/mol. The quantitative estimate of drug-likeness (QED) is 0.272. The second kappa shape index (κ2) is 7.23. The molecule has 35 heavy (non-hydrogen) atoms. The molecule has 5 aromatic carbocycles. The van der Waals surface area contributed by atoms with Gasteiger partial charge in [0, 0.05) is 10.8 Å². The summed E-state index contributed by atoms with van der Waals surface area (Å²) in [6, 6.07) is 41.0. The summed E-state index contributed by atoms with van der Waals surface area (Å²) in [7, 11) is 2.21. The van der Waals surface area contributed by atoms with Crippen molar-refractivity contribution in [3.8, 4) is 5.69 Å². The van der Waals surface area contributed by atoms with E-state index in [-0.39, 0.29) is 0 Å². The summed E-state index contributed by atoms with van der Waals surface area (Å²) in [5.41, 5.74) is 12.6. The molecule has 0 radical (unpaired) electrons. The van der Waals surface area contributed by atoms with Gasteiger partial charge in [0.2, 0.25) is 0 Å². The third-order valence-corrected chi connectivity index (χ3v) is 7.86. The second-order valence-electron chi connectivity index (χ2n) is 10.1. The van der Waals surface area contributed by atoms with Gasteiger partial charge in [-0.1, -0.05) is 114 Å². The summed E-state index contributed by atoms with van der Waals surface area (Å²) < 4.78 is 2.50. The fourth-order valence-electron chi connectivity index (χ4n) is 6.26. The molecule has 7 rings (SSSR count). The highest BCUT2D eigenvalue weighted by Crippen LogP contribution is 2.53. The van der Waals surface area contributed by atoms with E-state index in [1.807, 2.05) is 0 Å². The van der Waals surface area contributed by atoms with Crippen molar-refractivity contribution in [2.24, 2.45) is 0 Å². The van der Waals surface area contributed by atoms with Crippen LogP contribution in [-0.2, 0) is 5.41 Å². The van der Waals surface area contributed by atoms with Crippen molar-refractivity contribution in [2.45, 2.75) is 19.3 Å². The van der Waals surface area contributed by atoms with Gasteiger partial charge in [0.05, 0.1) is 22.1 Å². The first kappa shape index (κ1) is 20.3. The summed E-state index contributed by atoms with van der Waals surface area (Å²) in [5, 5.41) is 2.62. The number of rotatable bonds is 2. The largest absolute Gasteiger partial charge is 0.309 e. The van der Waals surface area contributed by atoms with E-state index in [0.717, 1.165) is 0 Å². The molecule has 2 heterocycles. The molecule has 0 fully saturated rings. The predicted octanol–water partition coefficient (Wildman–Crippen LogP) is 6.36. The van der Waals surface area contributed by atoms with Crippen LogP contribution in [0.5, 0.6) is 0 Å². The van der Waals surface area contributed by atoms with Gasteiger partial charge in [0.25, 0.3) is 0 Å². The standard InChI is InChI=1S/C33H26BN/c1-21-10-14-23(15-11-21)33(24-16-12-22(2)13-17-24)28-8-5-7-27-26-6-3-4-9-30(26)35(32(27)28)31-19-18-25(34)20-29(31)33/h3-20H,34H2,1-2H3. The molecule has 0 unspecified atom stereocenters. The lowest BCUT2D eigenvalue weighted by atomic mass is 9.62. The van der Waals surface area contributed by atoms with Crippen molar-refractivity contribution in [2.75, 3.05) is 0 Å². The number of hydrogen-bond acceptors (Lipinski definition) is 0. The number of fused-ring (bicyclic) bond motifs is 5. The van der Waals surface area contributed by atoms with Crippen LogP contribution in [0.25, 0.3) is 27.5 Å². The third-order valence-electron chi connectivity index (χ3n) is 7.86. The smallest absolute Gasteiger partial charge is 0.139 e. The van der Waals surface area contributed by atoms with Gasteiger partial charge >= 0.3 is 0 Å². The molecule has 1 nitrogen and oxygen atoms in total. The zero-order valence-corrected chi connectivity index (χ0v) is 20.3. The highest BCUT2D eigenvalue weighted by atomic mass is 15.0. The van der Waals surface area contributed by atoms with Crippen LogP contribution in [0.2, 0.25) is 0 Å². The summed E-state index contributed by atoms with van der Waals surface area (Å²) >= 11 is 0. The van der Waals surface area contributed by atoms with E-state index in [1.54, 1.807) is 0 Å². The Bertz CT molecular complexity index is 1710.